The van der Waals surface area contributed by atoms with Gasteiger partial charge < -0.3 is 15.8 Å². The monoisotopic (exact) mass is 346 g/mol. The first kappa shape index (κ1) is 16.9. The Kier molecular flexibility index (Phi) is 4.39. The molecule has 2 amide bonds. The first-order chi connectivity index (χ1) is 11.9. The van der Waals surface area contributed by atoms with Gasteiger partial charge in [0.1, 0.15) is 17.4 Å². The lowest BCUT2D eigenvalue weighted by molar-refractivity contribution is -0.117. The van der Waals surface area contributed by atoms with Crippen molar-refractivity contribution in [1.82, 2.24) is 0 Å². The number of ether oxygens (including phenoxy) is 1. The molecule has 3 N–H and O–H groups in total. The molecule has 5 nitrogen and oxygen atoms in total. The minimum absolute atomic E-state index is 0.230. The number of primary amides is 1. The normalized spacial score (nSPS) is 18.5. The van der Waals surface area contributed by atoms with Crippen LogP contribution in [0.15, 0.2) is 36.4 Å². The molecule has 7 heteroatoms. The highest BCUT2D eigenvalue weighted by molar-refractivity contribution is 5.99. The quantitative estimate of drug-likeness (QED) is 0.873. The molecule has 0 aromatic heterocycles. The van der Waals surface area contributed by atoms with E-state index in [9.17, 15) is 18.4 Å². The molecular formula is C18H16F2N2O3. The lowest BCUT2D eigenvalue weighted by Crippen LogP contribution is -2.17. The Morgan fingerprint density at radius 3 is 2.60 bits per heavy atom. The summed E-state index contributed by atoms with van der Waals surface area (Å²) in [6.45, 7) is 0. The van der Waals surface area contributed by atoms with Crippen LogP contribution in [0.3, 0.4) is 0 Å². The topological polar surface area (TPSA) is 81.4 Å². The average molecular weight is 346 g/mol. The van der Waals surface area contributed by atoms with Gasteiger partial charge in [0.2, 0.25) is 11.8 Å². The Bertz CT molecular complexity index is 854. The zero-order valence-corrected chi connectivity index (χ0v) is 13.4. The molecule has 3 rings (SSSR count). The van der Waals surface area contributed by atoms with Crippen molar-refractivity contribution < 1.29 is 23.1 Å². The first-order valence-electron chi connectivity index (χ1n) is 7.64. The largest absolute Gasteiger partial charge is 0.495 e. The lowest BCUT2D eigenvalue weighted by Gasteiger charge is -2.11. The van der Waals surface area contributed by atoms with Crippen LogP contribution in [-0.2, 0) is 4.79 Å². The molecule has 0 saturated heterocycles. The average Bonchev–Trinajstić information content (AvgIpc) is 3.35. The SMILES string of the molecule is COc1ccc(C(N)=O)cc1NC(=O)[C@H]1C[C@H]1c1ccc(F)cc1F. The van der Waals surface area contributed by atoms with Gasteiger partial charge in [-0.05, 0) is 42.2 Å². The fourth-order valence-electron chi connectivity index (χ4n) is 2.82. The molecule has 1 saturated carbocycles. The number of nitrogens with one attached hydrogen (secondary N) is 1. The predicted octanol–water partition coefficient (Wildman–Crippen LogP) is 2.81. The number of nitrogens with two attached hydrogens (primary N) is 1. The second-order valence-corrected chi connectivity index (χ2v) is 5.88. The Morgan fingerprint density at radius 1 is 1.20 bits per heavy atom. The molecular weight excluding hydrogens is 330 g/mol. The Labute approximate surface area is 142 Å². The minimum atomic E-state index is -0.659. The number of hydrogen-bond acceptors (Lipinski definition) is 3. The van der Waals surface area contributed by atoms with Gasteiger partial charge in [0.05, 0.1) is 12.8 Å². The number of carbonyl (C=O) groups is 2. The zero-order valence-electron chi connectivity index (χ0n) is 13.4. The van der Waals surface area contributed by atoms with Crippen molar-refractivity contribution in [2.45, 2.75) is 12.3 Å². The van der Waals surface area contributed by atoms with Gasteiger partial charge >= 0.3 is 0 Å². The van der Waals surface area contributed by atoms with Gasteiger partial charge in [-0.25, -0.2) is 8.78 Å². The summed E-state index contributed by atoms with van der Waals surface area (Å²) >= 11 is 0. The Balaban J connectivity index is 1.75. The van der Waals surface area contributed by atoms with Crippen LogP contribution in [0.25, 0.3) is 0 Å². The first-order valence-corrected chi connectivity index (χ1v) is 7.64. The molecule has 1 fully saturated rings. The molecule has 0 radical (unpaired) electrons. The van der Waals surface area contributed by atoms with E-state index < -0.39 is 23.5 Å². The van der Waals surface area contributed by atoms with Gasteiger partial charge in [-0.3, -0.25) is 9.59 Å². The van der Waals surface area contributed by atoms with E-state index in [0.29, 0.717) is 23.4 Å². The summed E-state index contributed by atoms with van der Waals surface area (Å²) in [6, 6.07) is 7.78. The Morgan fingerprint density at radius 2 is 1.96 bits per heavy atom. The van der Waals surface area contributed by atoms with Crippen molar-refractivity contribution in [3.8, 4) is 5.75 Å². The smallest absolute Gasteiger partial charge is 0.248 e. The van der Waals surface area contributed by atoms with Crippen LogP contribution in [0.4, 0.5) is 14.5 Å². The van der Waals surface area contributed by atoms with Gasteiger partial charge in [-0.15, -0.1) is 0 Å². The Hall–Kier alpha value is -2.96. The molecule has 1 aliphatic rings. The molecule has 0 spiro atoms. The molecule has 130 valence electrons. The summed E-state index contributed by atoms with van der Waals surface area (Å²) in [4.78, 5) is 23.7. The van der Waals surface area contributed by atoms with Crippen LogP contribution >= 0.6 is 0 Å². The van der Waals surface area contributed by atoms with Gasteiger partial charge in [-0.1, -0.05) is 6.07 Å². The number of hydrogen-bond donors (Lipinski definition) is 2. The highest BCUT2D eigenvalue weighted by Crippen LogP contribution is 2.49. The number of benzene rings is 2. The van der Waals surface area contributed by atoms with Gasteiger partial charge in [-0.2, -0.15) is 0 Å². The zero-order chi connectivity index (χ0) is 18.1. The van der Waals surface area contributed by atoms with Crippen molar-refractivity contribution >= 4 is 17.5 Å². The predicted molar refractivity (Wildman–Crippen MR) is 87.3 cm³/mol. The third-order valence-electron chi connectivity index (χ3n) is 4.23. The van der Waals surface area contributed by atoms with Gasteiger partial charge in [0, 0.05) is 17.5 Å². The van der Waals surface area contributed by atoms with Crippen LogP contribution in [0.1, 0.15) is 28.3 Å². The molecule has 2 aromatic rings. The van der Waals surface area contributed by atoms with Crippen molar-refractivity contribution in [1.29, 1.82) is 0 Å². The van der Waals surface area contributed by atoms with E-state index >= 15 is 0 Å². The number of amides is 2. The van der Waals surface area contributed by atoms with Crippen LogP contribution in [0, 0.1) is 17.6 Å². The van der Waals surface area contributed by atoms with Crippen LogP contribution < -0.4 is 15.8 Å². The van der Waals surface area contributed by atoms with Crippen LogP contribution in [0.2, 0.25) is 0 Å². The third-order valence-corrected chi connectivity index (χ3v) is 4.23. The number of methoxy groups -OCH3 is 1. The van der Waals surface area contributed by atoms with E-state index in [1.54, 1.807) is 0 Å². The van der Waals surface area contributed by atoms with E-state index in [0.717, 1.165) is 6.07 Å². The molecule has 0 heterocycles. The second kappa shape index (κ2) is 6.51. The minimum Gasteiger partial charge on any atom is -0.495 e. The summed E-state index contributed by atoms with van der Waals surface area (Å²) in [6.07, 6.45) is 0.464. The number of anilines is 1. The van der Waals surface area contributed by atoms with E-state index in [1.165, 1.54) is 37.4 Å². The number of carbonyl (C=O) groups excluding carboxylic acids is 2. The fraction of sp³-hybridized carbons (Fsp3) is 0.222. The summed E-state index contributed by atoms with van der Waals surface area (Å²) < 4.78 is 32.0. The molecule has 2 atom stereocenters. The number of halogens is 2. The van der Waals surface area contributed by atoms with Crippen molar-refractivity contribution in [3.63, 3.8) is 0 Å². The van der Waals surface area contributed by atoms with E-state index in [-0.39, 0.29) is 17.4 Å². The van der Waals surface area contributed by atoms with Crippen molar-refractivity contribution in [2.24, 2.45) is 11.7 Å². The number of rotatable bonds is 5. The van der Waals surface area contributed by atoms with E-state index in [4.69, 9.17) is 10.5 Å². The summed E-state index contributed by atoms with van der Waals surface area (Å²) in [7, 11) is 1.43. The summed E-state index contributed by atoms with van der Waals surface area (Å²) in [5.74, 6) is -2.62. The third kappa shape index (κ3) is 3.45. The van der Waals surface area contributed by atoms with Gasteiger partial charge in [0.25, 0.3) is 0 Å². The molecule has 0 bridgehead atoms. The van der Waals surface area contributed by atoms with Crippen LogP contribution in [-0.4, -0.2) is 18.9 Å². The maximum absolute atomic E-state index is 13.8. The molecule has 25 heavy (non-hydrogen) atoms. The highest BCUT2D eigenvalue weighted by Gasteiger charge is 2.45. The molecule has 0 aliphatic heterocycles. The van der Waals surface area contributed by atoms with E-state index in [1.807, 2.05) is 0 Å². The lowest BCUT2D eigenvalue weighted by atomic mass is 10.1. The summed E-state index contributed by atoms with van der Waals surface area (Å²) in [5.41, 5.74) is 6.10. The molecule has 0 unspecified atom stereocenters. The fourth-order valence-corrected chi connectivity index (χ4v) is 2.82. The highest BCUT2D eigenvalue weighted by atomic mass is 19.1. The van der Waals surface area contributed by atoms with Gasteiger partial charge in [0.15, 0.2) is 0 Å². The standard InChI is InChI=1S/C18H16F2N2O3/c1-25-16-5-2-9(17(21)23)6-15(16)22-18(24)13-8-12(13)11-4-3-10(19)7-14(11)20/h2-7,12-13H,8H2,1H3,(H2,21,23)(H,22,24)/t12-,13-/m0/s1. The molecule has 2 aromatic carbocycles. The maximum Gasteiger partial charge on any atom is 0.248 e. The maximum atomic E-state index is 13.8. The summed E-state index contributed by atoms with van der Waals surface area (Å²) in [5, 5.41) is 2.68. The van der Waals surface area contributed by atoms with Crippen molar-refractivity contribution in [2.75, 3.05) is 12.4 Å². The van der Waals surface area contributed by atoms with Crippen LogP contribution in [0.5, 0.6) is 5.75 Å². The van der Waals surface area contributed by atoms with Crippen molar-refractivity contribution in [3.05, 3.63) is 59.2 Å². The van der Waals surface area contributed by atoms with E-state index in [2.05, 4.69) is 5.32 Å². The second-order valence-electron chi connectivity index (χ2n) is 5.88. The molecule has 1 aliphatic carbocycles.